The van der Waals surface area contributed by atoms with Crippen molar-refractivity contribution in [2.45, 2.75) is 32.3 Å². The van der Waals surface area contributed by atoms with E-state index in [1.807, 2.05) is 6.92 Å². The molecular weight excluding hydrogens is 357 g/mol. The van der Waals surface area contributed by atoms with E-state index < -0.39 is 0 Å². The summed E-state index contributed by atoms with van der Waals surface area (Å²) in [5, 5.41) is 3.58. The monoisotopic (exact) mass is 383 g/mol. The number of aromatic nitrogens is 1. The Balaban J connectivity index is 1.35. The predicted molar refractivity (Wildman–Crippen MR) is 106 cm³/mol. The fourth-order valence-corrected chi connectivity index (χ4v) is 4.75. The molecule has 5 atom stereocenters. The van der Waals surface area contributed by atoms with Gasteiger partial charge in [-0.05, 0) is 67.8 Å². The highest BCUT2D eigenvalue weighted by Gasteiger charge is 2.59. The molecular formula is C22H26FN3O2. The number of hydrogen-bond donors (Lipinski definition) is 2. The Bertz CT molecular complexity index is 904. The number of carbonyl (C=O) groups excluding carboxylic acids is 1. The fraction of sp³-hybridized carbons (Fsp3) is 0.455. The molecule has 5 nitrogen and oxygen atoms in total. The molecule has 1 heterocycles. The summed E-state index contributed by atoms with van der Waals surface area (Å²) in [4.78, 5) is 16.7. The first kappa shape index (κ1) is 18.9. The second-order valence-corrected chi connectivity index (χ2v) is 8.01. The highest BCUT2D eigenvalue weighted by Crippen LogP contribution is 2.61. The lowest BCUT2D eigenvalue weighted by Crippen LogP contribution is -2.31. The summed E-state index contributed by atoms with van der Waals surface area (Å²) in [7, 11) is 0. The van der Waals surface area contributed by atoms with E-state index in [-0.39, 0.29) is 23.7 Å². The molecule has 1 aromatic carbocycles. The normalized spacial score (nSPS) is 26.5. The van der Waals surface area contributed by atoms with Gasteiger partial charge in [0.1, 0.15) is 11.6 Å². The first-order chi connectivity index (χ1) is 13.5. The number of nitrogens with two attached hydrogens (primary N) is 1. The van der Waals surface area contributed by atoms with Gasteiger partial charge in [0.25, 0.3) is 0 Å². The number of fused-ring (bicyclic) bond motifs is 2. The molecule has 6 heteroatoms. The van der Waals surface area contributed by atoms with Crippen LogP contribution >= 0.6 is 0 Å². The number of carbonyl (C=O) groups is 1. The van der Waals surface area contributed by atoms with E-state index in [0.29, 0.717) is 47.6 Å². The molecule has 0 spiro atoms. The topological polar surface area (TPSA) is 77.2 Å². The van der Waals surface area contributed by atoms with Crippen molar-refractivity contribution in [1.29, 1.82) is 0 Å². The van der Waals surface area contributed by atoms with Crippen molar-refractivity contribution in [1.82, 2.24) is 10.3 Å². The second-order valence-electron chi connectivity index (χ2n) is 8.01. The molecule has 0 saturated heterocycles. The molecule has 2 saturated carbocycles. The van der Waals surface area contributed by atoms with Crippen molar-refractivity contribution >= 4 is 16.8 Å². The number of pyridine rings is 1. The summed E-state index contributed by atoms with van der Waals surface area (Å²) in [6.45, 7) is 6.32. The Morgan fingerprint density at radius 3 is 2.86 bits per heavy atom. The Hall–Kier alpha value is -2.47. The van der Waals surface area contributed by atoms with Gasteiger partial charge in [-0.2, -0.15) is 0 Å². The minimum atomic E-state index is -0.296. The lowest BCUT2D eigenvalue weighted by atomic mass is 9.97. The minimum absolute atomic E-state index is 0.0333. The summed E-state index contributed by atoms with van der Waals surface area (Å²) < 4.78 is 19.8. The first-order valence-corrected chi connectivity index (χ1v) is 9.87. The molecule has 4 rings (SSSR count). The highest BCUT2D eigenvalue weighted by molar-refractivity contribution is 5.84. The maximum Gasteiger partial charge on any atom is 0.227 e. The molecule has 2 fully saturated rings. The first-order valence-electron chi connectivity index (χ1n) is 9.87. The highest BCUT2D eigenvalue weighted by atomic mass is 19.1. The molecule has 2 aliphatic rings. The van der Waals surface area contributed by atoms with Gasteiger partial charge in [-0.25, -0.2) is 4.39 Å². The summed E-state index contributed by atoms with van der Waals surface area (Å²) >= 11 is 0. The van der Waals surface area contributed by atoms with Gasteiger partial charge in [-0.3, -0.25) is 9.78 Å². The number of nitrogens with zero attached hydrogens (tertiary/aromatic N) is 1. The third-order valence-corrected chi connectivity index (χ3v) is 6.16. The number of halogens is 1. The zero-order valence-electron chi connectivity index (χ0n) is 16.0. The maximum atomic E-state index is 13.6. The van der Waals surface area contributed by atoms with Gasteiger partial charge in [0.05, 0.1) is 11.6 Å². The lowest BCUT2D eigenvalue weighted by Gasteiger charge is -2.20. The number of nitrogens with one attached hydrogen (secondary N) is 1. The zero-order chi connectivity index (χ0) is 19.8. The number of ether oxygens (including phenoxy) is 1. The molecule has 0 radical (unpaired) electrons. The average Bonchev–Trinajstić information content (AvgIpc) is 3.16. The summed E-state index contributed by atoms with van der Waals surface area (Å²) in [5.41, 5.74) is 6.91. The molecule has 3 N–H and O–H groups in total. The Kier molecular flexibility index (Phi) is 5.06. The van der Waals surface area contributed by atoms with Gasteiger partial charge in [-0.1, -0.05) is 13.5 Å². The molecule has 28 heavy (non-hydrogen) atoms. The number of rotatable bonds is 7. The van der Waals surface area contributed by atoms with E-state index in [4.69, 9.17) is 10.5 Å². The van der Waals surface area contributed by atoms with Crippen LogP contribution in [0, 0.1) is 29.5 Å². The van der Waals surface area contributed by atoms with Crippen LogP contribution in [0.3, 0.4) is 0 Å². The molecule has 0 bridgehead atoms. The second kappa shape index (κ2) is 7.51. The van der Waals surface area contributed by atoms with Gasteiger partial charge < -0.3 is 15.8 Å². The smallest absolute Gasteiger partial charge is 0.227 e. The quantitative estimate of drug-likeness (QED) is 0.768. The van der Waals surface area contributed by atoms with Crippen LogP contribution in [0.5, 0.6) is 5.75 Å². The van der Waals surface area contributed by atoms with E-state index in [1.165, 1.54) is 12.1 Å². The van der Waals surface area contributed by atoms with Crippen LogP contribution < -0.4 is 15.8 Å². The van der Waals surface area contributed by atoms with Crippen LogP contribution in [0.25, 0.3) is 10.9 Å². The van der Waals surface area contributed by atoms with Crippen molar-refractivity contribution < 1.29 is 13.9 Å². The molecule has 1 aromatic heterocycles. The third-order valence-electron chi connectivity index (χ3n) is 6.16. The van der Waals surface area contributed by atoms with Crippen molar-refractivity contribution in [3.8, 4) is 5.75 Å². The van der Waals surface area contributed by atoms with E-state index in [2.05, 4.69) is 16.9 Å². The molecule has 2 aromatic rings. The number of hydrogen-bond acceptors (Lipinski definition) is 4. The largest absolute Gasteiger partial charge is 0.490 e. The summed E-state index contributed by atoms with van der Waals surface area (Å²) in [6, 6.07) is 6.33. The van der Waals surface area contributed by atoms with E-state index >= 15 is 0 Å². The Morgan fingerprint density at radius 2 is 2.14 bits per heavy atom. The summed E-state index contributed by atoms with van der Waals surface area (Å²) in [5.74, 6) is 1.80. The standard InChI is InChI=1S/C22H26FN3O2/c1-12(5-7-24)26-22(27)13(2)21-16-10-15(11-17(16)21)28-20-6-8-25-19-4-3-14(23)9-18(19)20/h3-4,6,8-9,13,15-17,21H,1,5,7,10-11,24H2,2H3,(H,26,27)/t13?,15-,16-,17+,21+. The van der Waals surface area contributed by atoms with Crippen LogP contribution in [-0.2, 0) is 4.79 Å². The maximum absolute atomic E-state index is 13.6. The number of benzene rings is 1. The third kappa shape index (κ3) is 3.61. The van der Waals surface area contributed by atoms with Gasteiger partial charge in [0.15, 0.2) is 0 Å². The van der Waals surface area contributed by atoms with Crippen molar-refractivity contribution in [2.75, 3.05) is 6.54 Å². The van der Waals surface area contributed by atoms with Gasteiger partial charge >= 0.3 is 0 Å². The van der Waals surface area contributed by atoms with Gasteiger partial charge in [0.2, 0.25) is 5.91 Å². The van der Waals surface area contributed by atoms with Crippen LogP contribution in [0.4, 0.5) is 4.39 Å². The zero-order valence-corrected chi connectivity index (χ0v) is 16.0. The van der Waals surface area contributed by atoms with Gasteiger partial charge in [0, 0.05) is 23.2 Å². The van der Waals surface area contributed by atoms with Crippen LogP contribution in [0.2, 0.25) is 0 Å². The van der Waals surface area contributed by atoms with Gasteiger partial charge in [-0.15, -0.1) is 0 Å². The molecule has 1 unspecified atom stereocenters. The van der Waals surface area contributed by atoms with Crippen LogP contribution in [0.15, 0.2) is 42.7 Å². The summed E-state index contributed by atoms with van der Waals surface area (Å²) in [6.07, 6.45) is 4.25. The predicted octanol–water partition coefficient (Wildman–Crippen LogP) is 3.39. The molecule has 0 aliphatic heterocycles. The van der Waals surface area contributed by atoms with Crippen molar-refractivity contribution in [3.05, 3.63) is 48.6 Å². The van der Waals surface area contributed by atoms with E-state index in [0.717, 1.165) is 18.4 Å². The van der Waals surface area contributed by atoms with Crippen LogP contribution in [-0.4, -0.2) is 23.5 Å². The molecule has 2 aliphatic carbocycles. The SMILES string of the molecule is C=C(CCN)NC(=O)C(C)[C@H]1[C@@H]2C[C@@H](Oc3ccnc4ccc(F)cc34)C[C@@H]21. The van der Waals surface area contributed by atoms with Crippen molar-refractivity contribution in [2.24, 2.45) is 29.4 Å². The lowest BCUT2D eigenvalue weighted by molar-refractivity contribution is -0.124. The fourth-order valence-electron chi connectivity index (χ4n) is 4.75. The Labute approximate surface area is 164 Å². The average molecular weight is 383 g/mol. The van der Waals surface area contributed by atoms with Crippen molar-refractivity contribution in [3.63, 3.8) is 0 Å². The Morgan fingerprint density at radius 1 is 1.39 bits per heavy atom. The molecule has 148 valence electrons. The number of amides is 1. The van der Waals surface area contributed by atoms with E-state index in [9.17, 15) is 9.18 Å². The van der Waals surface area contributed by atoms with E-state index in [1.54, 1.807) is 18.3 Å². The molecule has 1 amide bonds. The van der Waals surface area contributed by atoms with Crippen LogP contribution in [0.1, 0.15) is 26.2 Å². The minimum Gasteiger partial charge on any atom is -0.490 e.